The summed E-state index contributed by atoms with van der Waals surface area (Å²) in [5.41, 5.74) is 0. The van der Waals surface area contributed by atoms with Gasteiger partial charge in [0.1, 0.15) is 0 Å². The van der Waals surface area contributed by atoms with Crippen molar-refractivity contribution in [2.45, 2.75) is 117 Å². The minimum absolute atomic E-state index is 0.282. The number of amides is 1. The summed E-state index contributed by atoms with van der Waals surface area (Å²) in [5.74, 6) is 0.282. The van der Waals surface area contributed by atoms with Crippen molar-refractivity contribution in [2.75, 3.05) is 0 Å². The summed E-state index contributed by atoms with van der Waals surface area (Å²) in [6.45, 7) is 6.70. The molecule has 126 valence electrons. The molecule has 0 aliphatic carbocycles. The van der Waals surface area contributed by atoms with Crippen molar-refractivity contribution >= 4 is 5.91 Å². The molecular formula is C19H39NO. The van der Waals surface area contributed by atoms with Crippen molar-refractivity contribution in [3.8, 4) is 0 Å². The summed E-state index contributed by atoms with van der Waals surface area (Å²) < 4.78 is 0. The third-order valence-electron chi connectivity index (χ3n) is 4.18. The highest BCUT2D eigenvalue weighted by Gasteiger charge is 2.11. The van der Waals surface area contributed by atoms with Crippen LogP contribution in [0.2, 0.25) is 0 Å². The predicted molar refractivity (Wildman–Crippen MR) is 93.6 cm³/mol. The average Bonchev–Trinajstić information content (AvgIpc) is 2.47. The number of rotatable bonds is 15. The number of carbonyl (C=O) groups is 1. The molecule has 0 aliphatic heterocycles. The van der Waals surface area contributed by atoms with Crippen molar-refractivity contribution in [1.29, 1.82) is 0 Å². The molecule has 0 bridgehead atoms. The Hall–Kier alpha value is -0.530. The Kier molecular flexibility index (Phi) is 15.5. The lowest BCUT2D eigenvalue weighted by atomic mass is 10.0. The highest BCUT2D eigenvalue weighted by Crippen LogP contribution is 2.12. The molecule has 0 spiro atoms. The van der Waals surface area contributed by atoms with Crippen LogP contribution in [0.3, 0.4) is 0 Å². The quantitative estimate of drug-likeness (QED) is 0.369. The van der Waals surface area contributed by atoms with Crippen LogP contribution in [0.1, 0.15) is 111 Å². The van der Waals surface area contributed by atoms with Crippen LogP contribution in [0.5, 0.6) is 0 Å². The van der Waals surface area contributed by atoms with Gasteiger partial charge in [-0.15, -0.1) is 0 Å². The molecule has 2 heteroatoms. The van der Waals surface area contributed by atoms with Crippen LogP contribution in [0.15, 0.2) is 0 Å². The smallest absolute Gasteiger partial charge is 0.220 e. The van der Waals surface area contributed by atoms with Crippen LogP contribution in [0, 0.1) is 0 Å². The first kappa shape index (κ1) is 20.5. The molecule has 0 radical (unpaired) electrons. The van der Waals surface area contributed by atoms with Crippen molar-refractivity contribution in [2.24, 2.45) is 0 Å². The van der Waals surface area contributed by atoms with Crippen molar-refractivity contribution < 1.29 is 4.79 Å². The van der Waals surface area contributed by atoms with Gasteiger partial charge in [-0.2, -0.15) is 0 Å². The zero-order chi connectivity index (χ0) is 15.8. The first-order chi connectivity index (χ1) is 10.2. The molecule has 0 saturated heterocycles. The van der Waals surface area contributed by atoms with E-state index in [1.165, 1.54) is 77.0 Å². The fraction of sp³-hybridized carbons (Fsp3) is 0.947. The monoisotopic (exact) mass is 297 g/mol. The standard InChI is InChI=1S/C19H39NO/c1-4-7-10-11-14-17-19(21)20-18(15-12-8-5-2)16-13-9-6-3/h18H,4-17H2,1-3H3,(H,20,21). The summed E-state index contributed by atoms with van der Waals surface area (Å²) >= 11 is 0. The Balaban J connectivity index is 3.85. The van der Waals surface area contributed by atoms with Crippen molar-refractivity contribution in [1.82, 2.24) is 5.32 Å². The molecule has 2 nitrogen and oxygen atoms in total. The van der Waals surface area contributed by atoms with Gasteiger partial charge in [-0.1, -0.05) is 85.0 Å². The molecule has 0 aromatic rings. The summed E-state index contributed by atoms with van der Waals surface area (Å²) in [6.07, 6.45) is 16.8. The maximum atomic E-state index is 12.0. The molecule has 0 aromatic heterocycles. The second-order valence-corrected chi connectivity index (χ2v) is 6.42. The molecule has 0 aliphatic rings. The average molecular weight is 298 g/mol. The third kappa shape index (κ3) is 14.2. The maximum Gasteiger partial charge on any atom is 0.220 e. The largest absolute Gasteiger partial charge is 0.353 e. The number of hydrogen-bond donors (Lipinski definition) is 1. The minimum Gasteiger partial charge on any atom is -0.353 e. The highest BCUT2D eigenvalue weighted by molar-refractivity contribution is 5.76. The fourth-order valence-corrected chi connectivity index (χ4v) is 2.76. The van der Waals surface area contributed by atoms with Crippen LogP contribution < -0.4 is 5.32 Å². The molecule has 1 amide bonds. The number of nitrogens with one attached hydrogen (secondary N) is 1. The van der Waals surface area contributed by atoms with E-state index in [1.54, 1.807) is 0 Å². The van der Waals surface area contributed by atoms with E-state index in [2.05, 4.69) is 26.1 Å². The van der Waals surface area contributed by atoms with Crippen molar-refractivity contribution in [3.63, 3.8) is 0 Å². The van der Waals surface area contributed by atoms with Crippen LogP contribution in [0.25, 0.3) is 0 Å². The molecule has 21 heavy (non-hydrogen) atoms. The van der Waals surface area contributed by atoms with E-state index in [9.17, 15) is 4.79 Å². The van der Waals surface area contributed by atoms with Gasteiger partial charge in [0.2, 0.25) is 5.91 Å². The lowest BCUT2D eigenvalue weighted by molar-refractivity contribution is -0.122. The van der Waals surface area contributed by atoms with Gasteiger partial charge >= 0.3 is 0 Å². The van der Waals surface area contributed by atoms with Gasteiger partial charge in [0.05, 0.1) is 0 Å². The Morgan fingerprint density at radius 3 is 1.71 bits per heavy atom. The van der Waals surface area contributed by atoms with Gasteiger partial charge in [0.25, 0.3) is 0 Å². The number of unbranched alkanes of at least 4 members (excludes halogenated alkanes) is 8. The van der Waals surface area contributed by atoms with E-state index in [-0.39, 0.29) is 5.91 Å². The van der Waals surface area contributed by atoms with Gasteiger partial charge < -0.3 is 5.32 Å². The fourth-order valence-electron chi connectivity index (χ4n) is 2.76. The molecule has 0 rings (SSSR count). The molecule has 1 N–H and O–H groups in total. The van der Waals surface area contributed by atoms with E-state index < -0.39 is 0 Å². The zero-order valence-electron chi connectivity index (χ0n) is 14.9. The van der Waals surface area contributed by atoms with E-state index in [4.69, 9.17) is 0 Å². The Morgan fingerprint density at radius 1 is 0.714 bits per heavy atom. The molecule has 0 unspecified atom stereocenters. The molecule has 0 fully saturated rings. The highest BCUT2D eigenvalue weighted by atomic mass is 16.1. The zero-order valence-corrected chi connectivity index (χ0v) is 14.9. The SMILES string of the molecule is CCCCCCCC(=O)NC(CCCCC)CCCCC. The summed E-state index contributed by atoms with van der Waals surface area (Å²) in [7, 11) is 0. The van der Waals surface area contributed by atoms with E-state index in [0.717, 1.165) is 12.8 Å². The minimum atomic E-state index is 0.282. The van der Waals surface area contributed by atoms with Crippen molar-refractivity contribution in [3.05, 3.63) is 0 Å². The number of hydrogen-bond acceptors (Lipinski definition) is 1. The van der Waals surface area contributed by atoms with E-state index >= 15 is 0 Å². The second-order valence-electron chi connectivity index (χ2n) is 6.42. The van der Waals surface area contributed by atoms with Gasteiger partial charge in [-0.05, 0) is 19.3 Å². The molecule has 0 aromatic carbocycles. The first-order valence-corrected chi connectivity index (χ1v) is 9.53. The van der Waals surface area contributed by atoms with Gasteiger partial charge in [-0.3, -0.25) is 4.79 Å². The van der Waals surface area contributed by atoms with Gasteiger partial charge in [0.15, 0.2) is 0 Å². The molecular weight excluding hydrogens is 258 g/mol. The molecule has 0 heterocycles. The van der Waals surface area contributed by atoms with Gasteiger partial charge in [-0.25, -0.2) is 0 Å². The van der Waals surface area contributed by atoms with E-state index in [0.29, 0.717) is 6.04 Å². The molecule has 0 saturated carbocycles. The lowest BCUT2D eigenvalue weighted by Crippen LogP contribution is -2.34. The predicted octanol–water partition coefficient (Wildman–Crippen LogP) is 5.99. The Morgan fingerprint density at radius 2 is 1.19 bits per heavy atom. The summed E-state index contributed by atoms with van der Waals surface area (Å²) in [5, 5.41) is 3.29. The first-order valence-electron chi connectivity index (χ1n) is 9.53. The Labute approximate surface area is 133 Å². The summed E-state index contributed by atoms with van der Waals surface area (Å²) in [6, 6.07) is 0.422. The van der Waals surface area contributed by atoms with Gasteiger partial charge in [0, 0.05) is 12.5 Å². The normalized spacial score (nSPS) is 11.0. The maximum absolute atomic E-state index is 12.0. The number of carbonyl (C=O) groups excluding carboxylic acids is 1. The molecule has 0 atom stereocenters. The topological polar surface area (TPSA) is 29.1 Å². The van der Waals surface area contributed by atoms with E-state index in [1.807, 2.05) is 0 Å². The second kappa shape index (κ2) is 15.9. The summed E-state index contributed by atoms with van der Waals surface area (Å²) in [4.78, 5) is 12.0. The Bertz CT molecular complexity index is 218. The van der Waals surface area contributed by atoms with Crippen LogP contribution >= 0.6 is 0 Å². The lowest BCUT2D eigenvalue weighted by Gasteiger charge is -2.18. The van der Waals surface area contributed by atoms with Crippen LogP contribution in [0.4, 0.5) is 0 Å². The van der Waals surface area contributed by atoms with Crippen LogP contribution in [-0.4, -0.2) is 11.9 Å². The third-order valence-corrected chi connectivity index (χ3v) is 4.18. The van der Waals surface area contributed by atoms with Crippen LogP contribution in [-0.2, 0) is 4.79 Å².